The van der Waals surface area contributed by atoms with Gasteiger partial charge in [0.2, 0.25) is 0 Å². The van der Waals surface area contributed by atoms with Crippen molar-refractivity contribution in [2.24, 2.45) is 0 Å². The number of benzene rings is 3. The molecule has 2 N–H and O–H groups in total. The monoisotopic (exact) mass is 489 g/mol. The molecule has 0 aliphatic heterocycles. The number of hydrogen-bond acceptors (Lipinski definition) is 3. The number of rotatable bonds is 6. The van der Waals surface area contributed by atoms with Gasteiger partial charge in [0.15, 0.2) is 0 Å². The van der Waals surface area contributed by atoms with E-state index in [4.69, 9.17) is 0 Å². The van der Waals surface area contributed by atoms with Gasteiger partial charge >= 0.3 is 6.18 Å². The Labute approximate surface area is 206 Å². The number of anilines is 1. The molecular weight excluding hydrogens is 467 g/mol. The molecule has 1 aromatic heterocycles. The molecule has 0 unspecified atom stereocenters. The molecule has 4 aromatic rings. The van der Waals surface area contributed by atoms with Crippen LogP contribution in [0.15, 0.2) is 91.1 Å². The number of alkyl halides is 3. The van der Waals surface area contributed by atoms with Gasteiger partial charge in [0.1, 0.15) is 5.69 Å². The molecule has 36 heavy (non-hydrogen) atoms. The number of halogens is 3. The summed E-state index contributed by atoms with van der Waals surface area (Å²) in [7, 11) is 0. The SMILES string of the molecule is Cc1ccc(C(=O)Nc2ccc(CNC(=O)c3ccccn3)cc2)c(-c2ccc(C(F)(F)F)cc2)c1. The van der Waals surface area contributed by atoms with Crippen LogP contribution in [0.4, 0.5) is 18.9 Å². The molecule has 0 atom stereocenters. The second-order valence-electron chi connectivity index (χ2n) is 8.17. The Morgan fingerprint density at radius 1 is 0.861 bits per heavy atom. The molecule has 8 heteroatoms. The van der Waals surface area contributed by atoms with Gasteiger partial charge in [-0.3, -0.25) is 14.6 Å². The van der Waals surface area contributed by atoms with Gasteiger partial charge in [-0.2, -0.15) is 13.2 Å². The van der Waals surface area contributed by atoms with E-state index in [9.17, 15) is 22.8 Å². The third-order valence-corrected chi connectivity index (χ3v) is 5.51. The number of pyridine rings is 1. The maximum absolute atomic E-state index is 13.0. The summed E-state index contributed by atoms with van der Waals surface area (Å²) >= 11 is 0. The van der Waals surface area contributed by atoms with Crippen LogP contribution in [0.25, 0.3) is 11.1 Å². The molecule has 2 amide bonds. The van der Waals surface area contributed by atoms with Gasteiger partial charge in [-0.15, -0.1) is 0 Å². The second kappa shape index (κ2) is 10.4. The first-order valence-corrected chi connectivity index (χ1v) is 11.1. The summed E-state index contributed by atoms with van der Waals surface area (Å²) in [5, 5.41) is 5.61. The quantitative estimate of drug-likeness (QED) is 0.336. The molecule has 0 spiro atoms. The van der Waals surface area contributed by atoms with Crippen molar-refractivity contribution in [1.82, 2.24) is 10.3 Å². The van der Waals surface area contributed by atoms with Crippen LogP contribution in [0.1, 0.15) is 37.5 Å². The van der Waals surface area contributed by atoms with Crippen molar-refractivity contribution in [3.05, 3.63) is 119 Å². The average molecular weight is 489 g/mol. The minimum absolute atomic E-state index is 0.289. The zero-order valence-corrected chi connectivity index (χ0v) is 19.3. The van der Waals surface area contributed by atoms with Crippen molar-refractivity contribution < 1.29 is 22.8 Å². The maximum atomic E-state index is 13.0. The number of aromatic nitrogens is 1. The highest BCUT2D eigenvalue weighted by Crippen LogP contribution is 2.32. The van der Waals surface area contributed by atoms with Crippen LogP contribution < -0.4 is 10.6 Å². The number of hydrogen-bond donors (Lipinski definition) is 2. The van der Waals surface area contributed by atoms with E-state index in [2.05, 4.69) is 15.6 Å². The minimum Gasteiger partial charge on any atom is -0.347 e. The van der Waals surface area contributed by atoms with Gasteiger partial charge in [0.25, 0.3) is 11.8 Å². The summed E-state index contributed by atoms with van der Waals surface area (Å²) in [6, 6.07) is 22.0. The molecule has 4 rings (SSSR count). The van der Waals surface area contributed by atoms with E-state index < -0.39 is 11.7 Å². The molecule has 182 valence electrons. The van der Waals surface area contributed by atoms with Crippen LogP contribution in [0.5, 0.6) is 0 Å². The van der Waals surface area contributed by atoms with E-state index in [0.717, 1.165) is 23.3 Å². The molecule has 3 aromatic carbocycles. The van der Waals surface area contributed by atoms with Crippen molar-refractivity contribution >= 4 is 17.5 Å². The highest BCUT2D eigenvalue weighted by molar-refractivity contribution is 6.08. The number of amides is 2. The third-order valence-electron chi connectivity index (χ3n) is 5.51. The van der Waals surface area contributed by atoms with Crippen LogP contribution in [0, 0.1) is 6.92 Å². The second-order valence-corrected chi connectivity index (χ2v) is 8.17. The Bertz CT molecular complexity index is 1370. The fourth-order valence-electron chi connectivity index (χ4n) is 3.61. The first-order valence-electron chi connectivity index (χ1n) is 11.1. The van der Waals surface area contributed by atoms with Crippen molar-refractivity contribution in [3.8, 4) is 11.1 Å². The van der Waals surface area contributed by atoms with E-state index in [1.54, 1.807) is 66.9 Å². The molecular formula is C28H22F3N3O2. The Hall–Kier alpha value is -4.46. The predicted molar refractivity (Wildman–Crippen MR) is 131 cm³/mol. The zero-order chi connectivity index (χ0) is 25.7. The first-order chi connectivity index (χ1) is 17.2. The van der Waals surface area contributed by atoms with Crippen molar-refractivity contribution in [3.63, 3.8) is 0 Å². The van der Waals surface area contributed by atoms with Gasteiger partial charge in [0.05, 0.1) is 5.56 Å². The Morgan fingerprint density at radius 3 is 2.22 bits per heavy atom. The Morgan fingerprint density at radius 2 is 1.58 bits per heavy atom. The lowest BCUT2D eigenvalue weighted by Gasteiger charge is -2.13. The minimum atomic E-state index is -4.43. The standard InChI is InChI=1S/C28H22F3N3O2/c1-18-5-14-23(24(16-18)20-8-10-21(11-9-20)28(29,30)31)26(35)34-22-12-6-19(7-13-22)17-33-27(36)25-4-2-3-15-32-25/h2-16H,17H2,1H3,(H,33,36)(H,34,35). The van der Waals surface area contributed by atoms with Crippen molar-refractivity contribution in [2.75, 3.05) is 5.32 Å². The topological polar surface area (TPSA) is 71.1 Å². The lowest BCUT2D eigenvalue weighted by atomic mass is 9.96. The maximum Gasteiger partial charge on any atom is 0.416 e. The van der Waals surface area contributed by atoms with Gasteiger partial charge < -0.3 is 10.6 Å². The summed E-state index contributed by atoms with van der Waals surface area (Å²) < 4.78 is 38.8. The summed E-state index contributed by atoms with van der Waals surface area (Å²) in [5.74, 6) is -0.677. The average Bonchev–Trinajstić information content (AvgIpc) is 2.88. The van der Waals surface area contributed by atoms with E-state index in [1.165, 1.54) is 12.1 Å². The van der Waals surface area contributed by atoms with Crippen LogP contribution >= 0.6 is 0 Å². The Balaban J connectivity index is 1.45. The molecule has 0 saturated heterocycles. The van der Waals surface area contributed by atoms with E-state index >= 15 is 0 Å². The number of nitrogens with zero attached hydrogens (tertiary/aromatic N) is 1. The molecule has 0 aliphatic rings. The van der Waals surface area contributed by atoms with E-state index in [-0.39, 0.29) is 11.8 Å². The molecule has 0 radical (unpaired) electrons. The number of carbonyl (C=O) groups is 2. The number of nitrogens with one attached hydrogen (secondary N) is 2. The number of aryl methyl sites for hydroxylation is 1. The van der Waals surface area contributed by atoms with Crippen LogP contribution in [-0.4, -0.2) is 16.8 Å². The fraction of sp³-hybridized carbons (Fsp3) is 0.107. The van der Waals surface area contributed by atoms with Gasteiger partial charge in [0, 0.05) is 24.0 Å². The first kappa shape index (κ1) is 24.7. The third kappa shape index (κ3) is 5.96. The summed E-state index contributed by atoms with van der Waals surface area (Å²) in [6.45, 7) is 2.14. The highest BCUT2D eigenvalue weighted by atomic mass is 19.4. The summed E-state index contributed by atoms with van der Waals surface area (Å²) in [6.07, 6.45) is -2.89. The van der Waals surface area contributed by atoms with Crippen molar-refractivity contribution in [1.29, 1.82) is 0 Å². The van der Waals surface area contributed by atoms with Gasteiger partial charge in [-0.05, 0) is 66.1 Å². The van der Waals surface area contributed by atoms with E-state index in [0.29, 0.717) is 34.6 Å². The van der Waals surface area contributed by atoms with E-state index in [1.807, 2.05) is 6.92 Å². The predicted octanol–water partition coefficient (Wildman–Crippen LogP) is 6.26. The largest absolute Gasteiger partial charge is 0.416 e. The van der Waals surface area contributed by atoms with Crippen LogP contribution in [0.2, 0.25) is 0 Å². The Kier molecular flexibility index (Phi) is 7.15. The molecule has 0 aliphatic carbocycles. The molecule has 0 saturated carbocycles. The summed E-state index contributed by atoms with van der Waals surface area (Å²) in [4.78, 5) is 29.2. The molecule has 0 fully saturated rings. The lowest BCUT2D eigenvalue weighted by Crippen LogP contribution is -2.23. The fourth-order valence-corrected chi connectivity index (χ4v) is 3.61. The normalized spacial score (nSPS) is 11.1. The lowest BCUT2D eigenvalue weighted by molar-refractivity contribution is -0.137. The summed E-state index contributed by atoms with van der Waals surface area (Å²) in [5.41, 5.74) is 3.21. The molecule has 5 nitrogen and oxygen atoms in total. The van der Waals surface area contributed by atoms with Crippen molar-refractivity contribution in [2.45, 2.75) is 19.6 Å². The van der Waals surface area contributed by atoms with Crippen LogP contribution in [0.3, 0.4) is 0 Å². The zero-order valence-electron chi connectivity index (χ0n) is 19.3. The molecule has 0 bridgehead atoms. The smallest absolute Gasteiger partial charge is 0.347 e. The number of carbonyl (C=O) groups excluding carboxylic acids is 2. The van der Waals surface area contributed by atoms with Gasteiger partial charge in [-0.1, -0.05) is 48.0 Å². The highest BCUT2D eigenvalue weighted by Gasteiger charge is 2.30. The van der Waals surface area contributed by atoms with Gasteiger partial charge in [-0.25, -0.2) is 0 Å². The molecule has 1 heterocycles. The van der Waals surface area contributed by atoms with Crippen LogP contribution in [-0.2, 0) is 12.7 Å².